The maximum Gasteiger partial charge on any atom is 0.0464 e. The predicted octanol–water partition coefficient (Wildman–Crippen LogP) is 0.695. The Morgan fingerprint density at radius 1 is 1.40 bits per heavy atom. The van der Waals surface area contributed by atoms with Crippen LogP contribution in [0.5, 0.6) is 0 Å². The highest BCUT2D eigenvalue weighted by Gasteiger charge is 2.00. The molecule has 2 atom stereocenters. The van der Waals surface area contributed by atoms with Gasteiger partial charge < -0.3 is 10.8 Å². The third-order valence-electron chi connectivity index (χ3n) is 1.09. The summed E-state index contributed by atoms with van der Waals surface area (Å²) in [4.78, 5) is 0. The normalized spacial score (nSPS) is 16.8. The average molecular weight is 163 g/mol. The second-order valence-electron chi connectivity index (χ2n) is 2.80. The van der Waals surface area contributed by atoms with E-state index in [2.05, 4.69) is 0 Å². The van der Waals surface area contributed by atoms with Gasteiger partial charge in [0.05, 0.1) is 0 Å². The molecule has 0 bridgehead atoms. The summed E-state index contributed by atoms with van der Waals surface area (Å²) in [6.45, 7) is 4.32. The molecule has 0 aliphatic heterocycles. The highest BCUT2D eigenvalue weighted by atomic mass is 32.2. The fourth-order valence-corrected chi connectivity index (χ4v) is 1.52. The number of nitrogens with two attached hydrogens (primary N) is 1. The van der Waals surface area contributed by atoms with Crippen molar-refractivity contribution < 1.29 is 5.11 Å². The van der Waals surface area contributed by atoms with Crippen LogP contribution in [-0.2, 0) is 0 Å². The smallest absolute Gasteiger partial charge is 0.0464 e. The summed E-state index contributed by atoms with van der Waals surface area (Å²) in [5, 5.41) is 8.66. The zero-order chi connectivity index (χ0) is 7.98. The lowest BCUT2D eigenvalue weighted by atomic mass is 10.2. The number of rotatable bonds is 5. The monoisotopic (exact) mass is 163 g/mol. The molecule has 0 aliphatic carbocycles. The van der Waals surface area contributed by atoms with E-state index in [9.17, 15) is 0 Å². The SMILES string of the molecule is CC(N)CSCC(C)CO. The molecule has 0 fully saturated rings. The Labute approximate surface area is 67.2 Å². The zero-order valence-corrected chi connectivity index (χ0v) is 7.53. The highest BCUT2D eigenvalue weighted by molar-refractivity contribution is 7.99. The molecule has 62 valence electrons. The van der Waals surface area contributed by atoms with Gasteiger partial charge in [-0.05, 0) is 18.6 Å². The Hall–Kier alpha value is 0.270. The summed E-state index contributed by atoms with van der Waals surface area (Å²) in [6, 6.07) is 0.274. The molecular formula is C7H17NOS. The molecule has 0 heterocycles. The van der Waals surface area contributed by atoms with Crippen LogP contribution >= 0.6 is 11.8 Å². The average Bonchev–Trinajstić information content (AvgIpc) is 1.87. The van der Waals surface area contributed by atoms with Gasteiger partial charge in [-0.15, -0.1) is 0 Å². The van der Waals surface area contributed by atoms with Crippen LogP contribution in [0.15, 0.2) is 0 Å². The van der Waals surface area contributed by atoms with E-state index in [4.69, 9.17) is 10.8 Å². The quantitative estimate of drug-likeness (QED) is 0.627. The molecule has 0 aromatic rings. The summed E-state index contributed by atoms with van der Waals surface area (Å²) >= 11 is 1.81. The summed E-state index contributed by atoms with van der Waals surface area (Å²) in [6.07, 6.45) is 0. The van der Waals surface area contributed by atoms with Crippen molar-refractivity contribution in [3.05, 3.63) is 0 Å². The van der Waals surface area contributed by atoms with Crippen molar-refractivity contribution in [3.8, 4) is 0 Å². The van der Waals surface area contributed by atoms with Crippen LogP contribution < -0.4 is 5.73 Å². The van der Waals surface area contributed by atoms with E-state index in [1.54, 1.807) is 0 Å². The van der Waals surface area contributed by atoms with E-state index in [0.717, 1.165) is 11.5 Å². The van der Waals surface area contributed by atoms with Crippen molar-refractivity contribution in [1.82, 2.24) is 0 Å². The fraction of sp³-hybridized carbons (Fsp3) is 1.00. The molecule has 3 N–H and O–H groups in total. The molecule has 2 nitrogen and oxygen atoms in total. The summed E-state index contributed by atoms with van der Waals surface area (Å²) in [5.74, 6) is 2.41. The summed E-state index contributed by atoms with van der Waals surface area (Å²) < 4.78 is 0. The molecule has 0 aromatic heterocycles. The Kier molecular flexibility index (Phi) is 6.17. The zero-order valence-electron chi connectivity index (χ0n) is 6.71. The van der Waals surface area contributed by atoms with E-state index in [1.807, 2.05) is 25.6 Å². The molecule has 2 unspecified atom stereocenters. The Morgan fingerprint density at radius 2 is 2.00 bits per heavy atom. The number of hydrogen-bond donors (Lipinski definition) is 2. The summed E-state index contributed by atoms with van der Waals surface area (Å²) in [7, 11) is 0. The molecule has 3 heteroatoms. The number of thioether (sulfide) groups is 1. The van der Waals surface area contributed by atoms with Crippen molar-refractivity contribution in [2.24, 2.45) is 11.7 Å². The lowest BCUT2D eigenvalue weighted by Crippen LogP contribution is -2.18. The molecular weight excluding hydrogens is 146 g/mol. The van der Waals surface area contributed by atoms with Crippen LogP contribution in [0, 0.1) is 5.92 Å². The van der Waals surface area contributed by atoms with Gasteiger partial charge in [0.25, 0.3) is 0 Å². The molecule has 0 amide bonds. The van der Waals surface area contributed by atoms with Crippen LogP contribution in [0.1, 0.15) is 13.8 Å². The van der Waals surface area contributed by atoms with E-state index in [0.29, 0.717) is 5.92 Å². The molecule has 0 aliphatic rings. The number of hydrogen-bond acceptors (Lipinski definition) is 3. The number of aliphatic hydroxyl groups excluding tert-OH is 1. The van der Waals surface area contributed by atoms with Crippen molar-refractivity contribution in [2.45, 2.75) is 19.9 Å². The summed E-state index contributed by atoms with van der Waals surface area (Å²) in [5.41, 5.74) is 5.54. The minimum atomic E-state index is 0.274. The Morgan fingerprint density at radius 3 is 2.40 bits per heavy atom. The maximum atomic E-state index is 8.66. The van der Waals surface area contributed by atoms with E-state index in [-0.39, 0.29) is 12.6 Å². The van der Waals surface area contributed by atoms with Crippen molar-refractivity contribution in [1.29, 1.82) is 0 Å². The van der Waals surface area contributed by atoms with Gasteiger partial charge in [0.1, 0.15) is 0 Å². The fourth-order valence-electron chi connectivity index (χ4n) is 0.508. The third-order valence-corrected chi connectivity index (χ3v) is 2.66. The minimum Gasteiger partial charge on any atom is -0.396 e. The Bertz CT molecular complexity index is 78.0. The topological polar surface area (TPSA) is 46.2 Å². The molecule has 10 heavy (non-hydrogen) atoms. The minimum absolute atomic E-state index is 0.274. The van der Waals surface area contributed by atoms with E-state index in [1.165, 1.54) is 0 Å². The van der Waals surface area contributed by atoms with E-state index < -0.39 is 0 Å². The van der Waals surface area contributed by atoms with Crippen molar-refractivity contribution in [2.75, 3.05) is 18.1 Å². The molecule has 0 radical (unpaired) electrons. The van der Waals surface area contributed by atoms with Crippen molar-refractivity contribution >= 4 is 11.8 Å². The van der Waals surface area contributed by atoms with Gasteiger partial charge in [-0.2, -0.15) is 11.8 Å². The predicted molar refractivity (Wildman–Crippen MR) is 47.2 cm³/mol. The maximum absolute atomic E-state index is 8.66. The van der Waals surface area contributed by atoms with Gasteiger partial charge in [0.2, 0.25) is 0 Å². The van der Waals surface area contributed by atoms with Gasteiger partial charge in [-0.25, -0.2) is 0 Å². The van der Waals surface area contributed by atoms with Crippen LogP contribution in [-0.4, -0.2) is 29.3 Å². The van der Waals surface area contributed by atoms with Crippen LogP contribution in [0.4, 0.5) is 0 Å². The molecule has 0 saturated carbocycles. The molecule has 0 saturated heterocycles. The standard InChI is InChI=1S/C7H17NOS/c1-6(3-9)4-10-5-7(2)8/h6-7,9H,3-5,8H2,1-2H3. The molecule has 0 spiro atoms. The third kappa shape index (κ3) is 6.39. The van der Waals surface area contributed by atoms with Gasteiger partial charge >= 0.3 is 0 Å². The van der Waals surface area contributed by atoms with Crippen LogP contribution in [0.3, 0.4) is 0 Å². The lowest BCUT2D eigenvalue weighted by Gasteiger charge is -2.08. The first-order valence-corrected chi connectivity index (χ1v) is 4.76. The first-order valence-electron chi connectivity index (χ1n) is 3.61. The largest absolute Gasteiger partial charge is 0.396 e. The second-order valence-corrected chi connectivity index (χ2v) is 3.88. The van der Waals surface area contributed by atoms with Crippen LogP contribution in [0.25, 0.3) is 0 Å². The first-order chi connectivity index (χ1) is 4.66. The second kappa shape index (κ2) is 6.01. The van der Waals surface area contributed by atoms with Crippen molar-refractivity contribution in [3.63, 3.8) is 0 Å². The number of aliphatic hydroxyl groups is 1. The van der Waals surface area contributed by atoms with Crippen LogP contribution in [0.2, 0.25) is 0 Å². The Balaban J connectivity index is 3.03. The van der Waals surface area contributed by atoms with Gasteiger partial charge in [-0.1, -0.05) is 6.92 Å². The lowest BCUT2D eigenvalue weighted by molar-refractivity contribution is 0.250. The van der Waals surface area contributed by atoms with Gasteiger partial charge in [0.15, 0.2) is 0 Å². The first kappa shape index (κ1) is 10.3. The van der Waals surface area contributed by atoms with E-state index >= 15 is 0 Å². The molecule has 0 rings (SSSR count). The highest BCUT2D eigenvalue weighted by Crippen LogP contribution is 2.07. The van der Waals surface area contributed by atoms with Gasteiger partial charge in [0, 0.05) is 18.4 Å². The van der Waals surface area contributed by atoms with Gasteiger partial charge in [-0.3, -0.25) is 0 Å². The molecule has 0 aromatic carbocycles.